The van der Waals surface area contributed by atoms with Gasteiger partial charge in [-0.25, -0.2) is 0 Å². The Morgan fingerprint density at radius 2 is 2.07 bits per heavy atom. The van der Waals surface area contributed by atoms with Crippen LogP contribution in [0.4, 0.5) is 0 Å². The standard InChI is InChI=1S/C21H27N3O4/c1-14-10-15(2)24(22-14)8-3-4-21(26)23-9-7-17(18(25)12-23)16-5-6-19-20(11-16)28-13-27-19/h5-6,10-11,17-18,25H,3-4,7-9,12-13H2,1-2H3/t17-,18+/m1/s1. The number of aromatic nitrogens is 2. The summed E-state index contributed by atoms with van der Waals surface area (Å²) in [6.07, 6.45) is 1.39. The van der Waals surface area contributed by atoms with E-state index in [9.17, 15) is 9.90 Å². The first-order valence-electron chi connectivity index (χ1n) is 9.87. The van der Waals surface area contributed by atoms with Crippen molar-refractivity contribution in [3.8, 4) is 11.5 Å². The van der Waals surface area contributed by atoms with Crippen molar-refractivity contribution in [3.63, 3.8) is 0 Å². The third-order valence-electron chi connectivity index (χ3n) is 5.62. The van der Waals surface area contributed by atoms with Crippen molar-refractivity contribution in [2.45, 2.75) is 51.7 Å². The molecule has 0 aliphatic carbocycles. The molecule has 2 atom stereocenters. The van der Waals surface area contributed by atoms with E-state index in [4.69, 9.17) is 9.47 Å². The maximum absolute atomic E-state index is 12.6. The molecule has 1 N–H and O–H groups in total. The zero-order chi connectivity index (χ0) is 19.7. The molecule has 2 aliphatic heterocycles. The average Bonchev–Trinajstić information content (AvgIpc) is 3.26. The van der Waals surface area contributed by atoms with Gasteiger partial charge in [0, 0.05) is 37.7 Å². The van der Waals surface area contributed by atoms with Crippen LogP contribution in [0, 0.1) is 13.8 Å². The number of aliphatic hydroxyl groups is 1. The molecular weight excluding hydrogens is 358 g/mol. The lowest BCUT2D eigenvalue weighted by atomic mass is 9.86. The van der Waals surface area contributed by atoms with Crippen molar-refractivity contribution in [1.29, 1.82) is 0 Å². The summed E-state index contributed by atoms with van der Waals surface area (Å²) in [6.45, 7) is 6.01. The Hall–Kier alpha value is -2.54. The molecule has 1 saturated heterocycles. The number of aryl methyl sites for hydroxylation is 3. The summed E-state index contributed by atoms with van der Waals surface area (Å²) in [5.41, 5.74) is 3.15. The van der Waals surface area contributed by atoms with Gasteiger partial charge < -0.3 is 19.5 Å². The fraction of sp³-hybridized carbons (Fsp3) is 0.524. The quantitative estimate of drug-likeness (QED) is 0.855. The number of carbonyl (C=O) groups is 1. The summed E-state index contributed by atoms with van der Waals surface area (Å²) in [5.74, 6) is 1.58. The smallest absolute Gasteiger partial charge is 0.231 e. The summed E-state index contributed by atoms with van der Waals surface area (Å²) in [5, 5.41) is 15.1. The molecule has 150 valence electrons. The number of ether oxygens (including phenoxy) is 2. The van der Waals surface area contributed by atoms with Gasteiger partial charge in [0.2, 0.25) is 12.7 Å². The predicted molar refractivity (Wildman–Crippen MR) is 103 cm³/mol. The minimum atomic E-state index is -0.575. The normalized spacial score (nSPS) is 21.2. The molecule has 0 saturated carbocycles. The summed E-state index contributed by atoms with van der Waals surface area (Å²) >= 11 is 0. The van der Waals surface area contributed by atoms with Crippen molar-refractivity contribution in [2.24, 2.45) is 0 Å². The molecule has 1 aromatic carbocycles. The van der Waals surface area contributed by atoms with Gasteiger partial charge in [0.15, 0.2) is 11.5 Å². The zero-order valence-electron chi connectivity index (χ0n) is 16.4. The van der Waals surface area contributed by atoms with Crippen LogP contribution in [0.15, 0.2) is 24.3 Å². The SMILES string of the molecule is Cc1cc(C)n(CCCC(=O)N2CC[C@H](c3ccc4c(c3)OCO4)[C@@H](O)C2)n1. The van der Waals surface area contributed by atoms with Crippen molar-refractivity contribution in [3.05, 3.63) is 41.2 Å². The van der Waals surface area contributed by atoms with Crippen LogP contribution in [0.2, 0.25) is 0 Å². The first-order valence-corrected chi connectivity index (χ1v) is 9.87. The number of piperidine rings is 1. The van der Waals surface area contributed by atoms with Gasteiger partial charge in [0.25, 0.3) is 0 Å². The van der Waals surface area contributed by atoms with Gasteiger partial charge in [-0.3, -0.25) is 9.48 Å². The Morgan fingerprint density at radius 3 is 2.82 bits per heavy atom. The highest BCUT2D eigenvalue weighted by Gasteiger charge is 2.31. The van der Waals surface area contributed by atoms with Gasteiger partial charge >= 0.3 is 0 Å². The highest BCUT2D eigenvalue weighted by Crippen LogP contribution is 2.37. The molecular formula is C21H27N3O4. The van der Waals surface area contributed by atoms with E-state index in [1.165, 1.54) is 0 Å². The van der Waals surface area contributed by atoms with Gasteiger partial charge in [-0.15, -0.1) is 0 Å². The fourth-order valence-electron chi connectivity index (χ4n) is 4.13. The van der Waals surface area contributed by atoms with Crippen molar-refractivity contribution in [1.82, 2.24) is 14.7 Å². The largest absolute Gasteiger partial charge is 0.454 e. The summed E-state index contributed by atoms with van der Waals surface area (Å²) in [7, 11) is 0. The number of fused-ring (bicyclic) bond motifs is 1. The van der Waals surface area contributed by atoms with E-state index in [2.05, 4.69) is 5.10 Å². The highest BCUT2D eigenvalue weighted by molar-refractivity contribution is 5.76. The second-order valence-corrected chi connectivity index (χ2v) is 7.67. The Kier molecular flexibility index (Phi) is 5.26. The van der Waals surface area contributed by atoms with Crippen LogP contribution in [0.5, 0.6) is 11.5 Å². The molecule has 2 aromatic rings. The molecule has 7 nitrogen and oxygen atoms in total. The molecule has 1 fully saturated rings. The van der Waals surface area contributed by atoms with Crippen LogP contribution in [0.25, 0.3) is 0 Å². The number of amides is 1. The molecule has 1 amide bonds. The number of aliphatic hydroxyl groups excluding tert-OH is 1. The molecule has 0 radical (unpaired) electrons. The highest BCUT2D eigenvalue weighted by atomic mass is 16.7. The van der Waals surface area contributed by atoms with Gasteiger partial charge in [0.1, 0.15) is 0 Å². The molecule has 0 unspecified atom stereocenters. The second-order valence-electron chi connectivity index (χ2n) is 7.67. The Morgan fingerprint density at radius 1 is 1.25 bits per heavy atom. The second kappa shape index (κ2) is 7.83. The zero-order valence-corrected chi connectivity index (χ0v) is 16.4. The number of hydrogen-bond donors (Lipinski definition) is 1. The van der Waals surface area contributed by atoms with Gasteiger partial charge in [-0.1, -0.05) is 6.07 Å². The van der Waals surface area contributed by atoms with Gasteiger partial charge in [0.05, 0.1) is 11.8 Å². The predicted octanol–water partition coefficient (Wildman–Crippen LogP) is 2.39. The Labute approximate surface area is 164 Å². The third kappa shape index (κ3) is 3.85. The van der Waals surface area contributed by atoms with Crippen LogP contribution >= 0.6 is 0 Å². The summed E-state index contributed by atoms with van der Waals surface area (Å²) in [6, 6.07) is 7.86. The van der Waals surface area contributed by atoms with E-state index in [-0.39, 0.29) is 18.6 Å². The first-order chi connectivity index (χ1) is 13.5. The third-order valence-corrected chi connectivity index (χ3v) is 5.62. The minimum absolute atomic E-state index is 0.00764. The number of rotatable bonds is 5. The van der Waals surface area contributed by atoms with Crippen LogP contribution in [-0.4, -0.2) is 51.7 Å². The number of nitrogens with zero attached hydrogens (tertiary/aromatic N) is 3. The van der Waals surface area contributed by atoms with Crippen LogP contribution in [0.3, 0.4) is 0 Å². The molecule has 4 rings (SSSR count). The number of carbonyl (C=O) groups excluding carboxylic acids is 1. The van der Waals surface area contributed by atoms with Crippen molar-refractivity contribution in [2.75, 3.05) is 19.9 Å². The molecule has 0 bridgehead atoms. The Bertz CT molecular complexity index is 863. The van der Waals surface area contributed by atoms with Crippen molar-refractivity contribution >= 4 is 5.91 Å². The van der Waals surface area contributed by atoms with Crippen molar-refractivity contribution < 1.29 is 19.4 Å². The van der Waals surface area contributed by atoms with Crippen LogP contribution in [0.1, 0.15) is 42.1 Å². The monoisotopic (exact) mass is 385 g/mol. The molecule has 2 aliphatic rings. The van der Waals surface area contributed by atoms with Gasteiger partial charge in [-0.05, 0) is 50.5 Å². The molecule has 0 spiro atoms. The topological polar surface area (TPSA) is 76.8 Å². The molecule has 3 heterocycles. The molecule has 1 aromatic heterocycles. The maximum atomic E-state index is 12.6. The van der Waals surface area contributed by atoms with E-state index in [0.29, 0.717) is 19.5 Å². The van der Waals surface area contributed by atoms with E-state index in [1.54, 1.807) is 4.90 Å². The maximum Gasteiger partial charge on any atom is 0.231 e. The number of likely N-dealkylation sites (tertiary alicyclic amines) is 1. The average molecular weight is 385 g/mol. The number of hydrogen-bond acceptors (Lipinski definition) is 5. The Balaban J connectivity index is 1.29. The summed E-state index contributed by atoms with van der Waals surface area (Å²) in [4.78, 5) is 14.4. The fourth-order valence-corrected chi connectivity index (χ4v) is 4.13. The summed E-state index contributed by atoms with van der Waals surface area (Å²) < 4.78 is 12.7. The lowest BCUT2D eigenvalue weighted by molar-refractivity contribution is -0.134. The molecule has 28 heavy (non-hydrogen) atoms. The van der Waals surface area contributed by atoms with E-state index in [0.717, 1.165) is 47.8 Å². The lowest BCUT2D eigenvalue weighted by Gasteiger charge is -2.36. The van der Waals surface area contributed by atoms with Crippen LogP contribution in [-0.2, 0) is 11.3 Å². The minimum Gasteiger partial charge on any atom is -0.454 e. The number of benzene rings is 1. The van der Waals surface area contributed by atoms with Gasteiger partial charge in [-0.2, -0.15) is 5.10 Å². The first kappa shape index (κ1) is 18.8. The lowest BCUT2D eigenvalue weighted by Crippen LogP contribution is -2.45. The van der Waals surface area contributed by atoms with Crippen LogP contribution < -0.4 is 9.47 Å². The molecule has 7 heteroatoms. The van der Waals surface area contributed by atoms with E-state index < -0.39 is 6.10 Å². The van der Waals surface area contributed by atoms with E-state index in [1.807, 2.05) is 42.8 Å². The van der Waals surface area contributed by atoms with E-state index >= 15 is 0 Å². The number of β-amino-alcohol motifs (C(OH)–C–C–N with tert-alkyl or cyclic N) is 1.